The summed E-state index contributed by atoms with van der Waals surface area (Å²) in [5.74, 6) is 0.740. The molecule has 0 radical (unpaired) electrons. The van der Waals surface area contributed by atoms with Gasteiger partial charge < -0.3 is 15.2 Å². The van der Waals surface area contributed by atoms with Crippen LogP contribution in [0.15, 0.2) is 36.4 Å². The van der Waals surface area contributed by atoms with Gasteiger partial charge in [-0.1, -0.05) is 0 Å². The molecule has 24 heavy (non-hydrogen) atoms. The quantitative estimate of drug-likeness (QED) is 0.520. The number of rotatable bonds is 3. The summed E-state index contributed by atoms with van der Waals surface area (Å²) in [5, 5.41) is 27.5. The summed E-state index contributed by atoms with van der Waals surface area (Å²) >= 11 is 0. The van der Waals surface area contributed by atoms with Gasteiger partial charge in [-0.05, 0) is 18.2 Å². The summed E-state index contributed by atoms with van der Waals surface area (Å²) in [6.07, 6.45) is 0. The van der Waals surface area contributed by atoms with Gasteiger partial charge in [-0.25, -0.2) is 0 Å². The molecule has 0 aliphatic heterocycles. The molecule has 0 aliphatic rings. The molecule has 0 heterocycles. The fourth-order valence-corrected chi connectivity index (χ4v) is 1.69. The van der Waals surface area contributed by atoms with Gasteiger partial charge in [-0.2, -0.15) is 10.5 Å². The molecule has 2 aromatic carbocycles. The Hall–Kier alpha value is -3.78. The predicted octanol–water partition coefficient (Wildman–Crippen LogP) is 2.62. The second-order valence-electron chi connectivity index (χ2n) is 4.33. The highest BCUT2D eigenvalue weighted by atomic mass is 16.6. The summed E-state index contributed by atoms with van der Waals surface area (Å²) in [6, 6.07) is 12.6. The van der Waals surface area contributed by atoms with Crippen molar-refractivity contribution in [3.05, 3.63) is 57.6 Å². The summed E-state index contributed by atoms with van der Waals surface area (Å²) in [6.45, 7) is 0. The Morgan fingerprint density at radius 3 is 1.96 bits per heavy atom. The van der Waals surface area contributed by atoms with E-state index < -0.39 is 4.92 Å². The molecule has 0 fully saturated rings. The highest BCUT2D eigenvalue weighted by molar-refractivity contribution is 5.53. The van der Waals surface area contributed by atoms with Crippen LogP contribution in [0.2, 0.25) is 0 Å². The standard InChI is InChI=1S/C8H6N2O3.C8H8N2O/c1-13-8-4-7(10(11)12)3-2-6(8)5-9;1-11-8-4-7(10)3-2-6(8)5-9/h2-4H,1H3;2-4H,10H2,1H3. The van der Waals surface area contributed by atoms with Crippen molar-refractivity contribution in [2.75, 3.05) is 20.0 Å². The number of benzene rings is 2. The van der Waals surface area contributed by atoms with E-state index in [9.17, 15) is 10.1 Å². The Morgan fingerprint density at radius 1 is 1.00 bits per heavy atom. The number of nitrogen functional groups attached to an aromatic ring is 1. The van der Waals surface area contributed by atoms with Gasteiger partial charge in [0.15, 0.2) is 0 Å². The topological polar surface area (TPSA) is 135 Å². The molecule has 2 N–H and O–H groups in total. The van der Waals surface area contributed by atoms with Crippen LogP contribution in [0, 0.1) is 32.8 Å². The molecule has 0 saturated carbocycles. The number of non-ortho nitro benzene ring substituents is 1. The third-order valence-corrected chi connectivity index (χ3v) is 2.86. The average Bonchev–Trinajstić information content (AvgIpc) is 2.61. The maximum Gasteiger partial charge on any atom is 0.273 e. The first kappa shape index (κ1) is 18.3. The number of hydrogen-bond acceptors (Lipinski definition) is 7. The molecule has 2 rings (SSSR count). The van der Waals surface area contributed by atoms with Crippen LogP contribution in [0.25, 0.3) is 0 Å². The van der Waals surface area contributed by atoms with Gasteiger partial charge >= 0.3 is 0 Å². The predicted molar refractivity (Wildman–Crippen MR) is 86.5 cm³/mol. The molecule has 0 saturated heterocycles. The van der Waals surface area contributed by atoms with E-state index in [0.717, 1.165) is 0 Å². The lowest BCUT2D eigenvalue weighted by Crippen LogP contribution is -1.92. The number of nitrogens with two attached hydrogens (primary N) is 1. The maximum atomic E-state index is 10.3. The van der Waals surface area contributed by atoms with E-state index in [-0.39, 0.29) is 17.0 Å². The van der Waals surface area contributed by atoms with Crippen molar-refractivity contribution < 1.29 is 14.4 Å². The number of nitriles is 2. The Morgan fingerprint density at radius 2 is 1.50 bits per heavy atom. The minimum atomic E-state index is -0.538. The summed E-state index contributed by atoms with van der Waals surface area (Å²) in [4.78, 5) is 9.80. The SMILES string of the molecule is COc1cc(N)ccc1C#N.COc1cc([N+](=O)[O-])ccc1C#N. The largest absolute Gasteiger partial charge is 0.495 e. The zero-order valence-corrected chi connectivity index (χ0v) is 13.0. The van der Waals surface area contributed by atoms with Crippen LogP contribution in [0.5, 0.6) is 11.5 Å². The van der Waals surface area contributed by atoms with Crippen LogP contribution >= 0.6 is 0 Å². The van der Waals surface area contributed by atoms with E-state index in [1.54, 1.807) is 18.2 Å². The Labute approximate surface area is 138 Å². The lowest BCUT2D eigenvalue weighted by Gasteiger charge is -2.01. The zero-order chi connectivity index (χ0) is 18.1. The molecular weight excluding hydrogens is 312 g/mol. The van der Waals surface area contributed by atoms with Crippen LogP contribution in [0.3, 0.4) is 0 Å². The fraction of sp³-hybridized carbons (Fsp3) is 0.125. The lowest BCUT2D eigenvalue weighted by atomic mass is 10.2. The number of anilines is 1. The first-order valence-corrected chi connectivity index (χ1v) is 6.53. The van der Waals surface area contributed by atoms with Gasteiger partial charge in [-0.15, -0.1) is 0 Å². The van der Waals surface area contributed by atoms with Gasteiger partial charge in [0.2, 0.25) is 0 Å². The molecule has 2 aromatic rings. The molecule has 0 aliphatic carbocycles. The van der Waals surface area contributed by atoms with Crippen molar-refractivity contribution in [2.45, 2.75) is 0 Å². The summed E-state index contributed by atoms with van der Waals surface area (Å²) < 4.78 is 9.71. The third kappa shape index (κ3) is 4.61. The minimum Gasteiger partial charge on any atom is -0.495 e. The molecule has 0 bridgehead atoms. The smallest absolute Gasteiger partial charge is 0.273 e. The van der Waals surface area contributed by atoms with E-state index in [0.29, 0.717) is 17.0 Å². The van der Waals surface area contributed by atoms with Crippen molar-refractivity contribution in [3.8, 4) is 23.6 Å². The van der Waals surface area contributed by atoms with Gasteiger partial charge in [-0.3, -0.25) is 10.1 Å². The molecule has 0 aromatic heterocycles. The molecular formula is C16H14N4O4. The molecule has 0 spiro atoms. The van der Waals surface area contributed by atoms with Crippen LogP contribution in [-0.2, 0) is 0 Å². The average molecular weight is 326 g/mol. The molecule has 122 valence electrons. The van der Waals surface area contributed by atoms with Crippen LogP contribution in [-0.4, -0.2) is 19.1 Å². The maximum absolute atomic E-state index is 10.3. The van der Waals surface area contributed by atoms with E-state index in [2.05, 4.69) is 0 Å². The van der Waals surface area contributed by atoms with Crippen molar-refractivity contribution >= 4 is 11.4 Å². The highest BCUT2D eigenvalue weighted by Gasteiger charge is 2.10. The Bertz CT molecular complexity index is 822. The second kappa shape index (κ2) is 8.61. The van der Waals surface area contributed by atoms with Gasteiger partial charge in [0.05, 0.1) is 36.3 Å². The van der Waals surface area contributed by atoms with Crippen molar-refractivity contribution in [3.63, 3.8) is 0 Å². The Kier molecular flexibility index (Phi) is 6.56. The highest BCUT2D eigenvalue weighted by Crippen LogP contribution is 2.23. The number of nitrogens with zero attached hydrogens (tertiary/aromatic N) is 3. The number of ether oxygens (including phenoxy) is 2. The zero-order valence-electron chi connectivity index (χ0n) is 13.0. The van der Waals surface area contributed by atoms with E-state index in [1.165, 1.54) is 32.4 Å². The van der Waals surface area contributed by atoms with Crippen LogP contribution in [0.1, 0.15) is 11.1 Å². The summed E-state index contributed by atoms with van der Waals surface area (Å²) in [7, 11) is 2.87. The first-order valence-electron chi connectivity index (χ1n) is 6.53. The van der Waals surface area contributed by atoms with Gasteiger partial charge in [0.25, 0.3) is 5.69 Å². The van der Waals surface area contributed by atoms with Gasteiger partial charge in [0, 0.05) is 17.8 Å². The monoisotopic (exact) mass is 326 g/mol. The van der Waals surface area contributed by atoms with Crippen molar-refractivity contribution in [1.29, 1.82) is 10.5 Å². The van der Waals surface area contributed by atoms with Crippen molar-refractivity contribution in [1.82, 2.24) is 0 Å². The fourth-order valence-electron chi connectivity index (χ4n) is 1.69. The number of nitro groups is 1. The third-order valence-electron chi connectivity index (χ3n) is 2.86. The molecule has 0 unspecified atom stereocenters. The summed E-state index contributed by atoms with van der Waals surface area (Å²) in [5.41, 5.74) is 6.77. The van der Waals surface area contributed by atoms with Crippen molar-refractivity contribution in [2.24, 2.45) is 0 Å². The van der Waals surface area contributed by atoms with E-state index in [4.69, 9.17) is 25.7 Å². The molecule has 0 atom stereocenters. The van der Waals surface area contributed by atoms with E-state index >= 15 is 0 Å². The molecule has 8 nitrogen and oxygen atoms in total. The van der Waals surface area contributed by atoms with Gasteiger partial charge in [0.1, 0.15) is 23.6 Å². The number of hydrogen-bond donors (Lipinski definition) is 1. The van der Waals surface area contributed by atoms with Crippen LogP contribution in [0.4, 0.5) is 11.4 Å². The first-order chi connectivity index (χ1) is 11.5. The number of nitro benzene ring substituents is 1. The van der Waals surface area contributed by atoms with E-state index in [1.807, 2.05) is 12.1 Å². The molecule has 0 amide bonds. The molecule has 8 heteroatoms. The normalized spacial score (nSPS) is 8.83. The second-order valence-corrected chi connectivity index (χ2v) is 4.33. The number of methoxy groups -OCH3 is 2. The Balaban J connectivity index is 0.000000243. The minimum absolute atomic E-state index is 0.0872. The lowest BCUT2D eigenvalue weighted by molar-refractivity contribution is -0.384. The van der Waals surface area contributed by atoms with Crippen LogP contribution < -0.4 is 15.2 Å².